The van der Waals surface area contributed by atoms with Gasteiger partial charge in [0.15, 0.2) is 6.10 Å². The number of carbonyl (C=O) groups excluding carboxylic acids is 2. The van der Waals surface area contributed by atoms with Crippen LogP contribution in [0.3, 0.4) is 0 Å². The van der Waals surface area contributed by atoms with Crippen molar-refractivity contribution in [3.8, 4) is 0 Å². The molecule has 1 fully saturated rings. The van der Waals surface area contributed by atoms with E-state index in [-0.39, 0.29) is 17.8 Å². The lowest BCUT2D eigenvalue weighted by molar-refractivity contribution is -0.158. The van der Waals surface area contributed by atoms with Gasteiger partial charge in [0.2, 0.25) is 5.95 Å². The smallest absolute Gasteiger partial charge is 0.309 e. The van der Waals surface area contributed by atoms with E-state index in [0.717, 1.165) is 5.69 Å². The Labute approximate surface area is 159 Å². The molecule has 0 spiro atoms. The van der Waals surface area contributed by atoms with E-state index in [1.165, 1.54) is 4.90 Å². The van der Waals surface area contributed by atoms with E-state index in [1.807, 2.05) is 30.3 Å². The number of esters is 1. The first-order valence-corrected chi connectivity index (χ1v) is 9.11. The Morgan fingerprint density at radius 1 is 1.11 bits per heavy atom. The van der Waals surface area contributed by atoms with Crippen molar-refractivity contribution in [2.75, 3.05) is 29.9 Å². The number of aromatic nitrogens is 2. The van der Waals surface area contributed by atoms with Crippen LogP contribution in [0.15, 0.2) is 48.8 Å². The number of carbonyl (C=O) groups is 2. The number of ether oxygens (including phenoxy) is 1. The van der Waals surface area contributed by atoms with Gasteiger partial charge in [0, 0.05) is 38.2 Å². The minimum Gasteiger partial charge on any atom is -0.452 e. The Morgan fingerprint density at radius 2 is 1.74 bits per heavy atom. The summed E-state index contributed by atoms with van der Waals surface area (Å²) in [5, 5.41) is 0. The molecule has 1 aromatic carbocycles. The van der Waals surface area contributed by atoms with Crippen LogP contribution >= 0.6 is 0 Å². The third kappa shape index (κ3) is 4.61. The summed E-state index contributed by atoms with van der Waals surface area (Å²) in [6, 6.07) is 11.1. The molecule has 142 valence electrons. The van der Waals surface area contributed by atoms with Gasteiger partial charge in [-0.15, -0.1) is 0 Å². The van der Waals surface area contributed by atoms with Crippen LogP contribution in [0.4, 0.5) is 11.6 Å². The van der Waals surface area contributed by atoms with Crippen LogP contribution in [-0.4, -0.2) is 48.1 Å². The van der Waals surface area contributed by atoms with Crippen molar-refractivity contribution >= 4 is 23.5 Å². The van der Waals surface area contributed by atoms with E-state index in [9.17, 15) is 9.59 Å². The molecule has 0 radical (unpaired) electrons. The summed E-state index contributed by atoms with van der Waals surface area (Å²) in [6.07, 6.45) is 3.91. The quantitative estimate of drug-likeness (QED) is 0.754. The van der Waals surface area contributed by atoms with Crippen molar-refractivity contribution in [2.24, 2.45) is 5.92 Å². The number of benzene rings is 1. The van der Waals surface area contributed by atoms with E-state index in [1.54, 1.807) is 32.4 Å². The second kappa shape index (κ2) is 8.62. The Balaban J connectivity index is 1.51. The van der Waals surface area contributed by atoms with E-state index < -0.39 is 6.10 Å². The van der Waals surface area contributed by atoms with E-state index >= 15 is 0 Å². The molecule has 0 N–H and O–H groups in total. The monoisotopic (exact) mass is 368 g/mol. The van der Waals surface area contributed by atoms with Crippen LogP contribution in [-0.2, 0) is 14.3 Å². The molecular formula is C20H24N4O3. The Morgan fingerprint density at radius 3 is 2.37 bits per heavy atom. The molecule has 1 atom stereocenters. The number of rotatable bonds is 5. The van der Waals surface area contributed by atoms with Gasteiger partial charge in [0.25, 0.3) is 5.91 Å². The molecule has 7 heteroatoms. The summed E-state index contributed by atoms with van der Waals surface area (Å²) in [7, 11) is 1.68. The molecule has 0 bridgehead atoms. The van der Waals surface area contributed by atoms with Crippen LogP contribution in [0, 0.1) is 5.92 Å². The van der Waals surface area contributed by atoms with Crippen LogP contribution < -0.4 is 9.80 Å². The second-order valence-corrected chi connectivity index (χ2v) is 6.62. The molecule has 1 amide bonds. The fourth-order valence-electron chi connectivity index (χ4n) is 3.14. The van der Waals surface area contributed by atoms with Crippen molar-refractivity contribution in [3.63, 3.8) is 0 Å². The molecule has 1 aliphatic rings. The molecule has 1 saturated heterocycles. The first-order chi connectivity index (χ1) is 13.1. The summed E-state index contributed by atoms with van der Waals surface area (Å²) in [4.78, 5) is 37.0. The standard InChI is InChI=1S/C20H24N4O3/c1-15(18(25)23(2)17-7-4-3-5-8-17)27-19(26)16-9-13-24(14-10-16)20-21-11-6-12-22-20/h3-8,11-12,15-16H,9-10,13-14H2,1-2H3. The number of para-hydroxylation sites is 1. The third-order valence-electron chi connectivity index (χ3n) is 4.78. The Bertz CT molecular complexity index is 761. The topological polar surface area (TPSA) is 75.6 Å². The summed E-state index contributed by atoms with van der Waals surface area (Å²) in [5.74, 6) is -0.0878. The largest absolute Gasteiger partial charge is 0.452 e. The summed E-state index contributed by atoms with van der Waals surface area (Å²) in [5.41, 5.74) is 0.765. The summed E-state index contributed by atoms with van der Waals surface area (Å²) in [6.45, 7) is 3.00. The Hall–Kier alpha value is -2.96. The lowest BCUT2D eigenvalue weighted by Gasteiger charge is -2.31. The number of hydrogen-bond acceptors (Lipinski definition) is 6. The predicted molar refractivity (Wildman–Crippen MR) is 102 cm³/mol. The molecule has 1 aromatic heterocycles. The average molecular weight is 368 g/mol. The first-order valence-electron chi connectivity index (χ1n) is 9.11. The SMILES string of the molecule is CC(OC(=O)C1CCN(c2ncccn2)CC1)C(=O)N(C)c1ccccc1. The van der Waals surface area contributed by atoms with Gasteiger partial charge in [-0.05, 0) is 38.0 Å². The zero-order chi connectivity index (χ0) is 19.2. The predicted octanol–water partition coefficient (Wildman–Crippen LogP) is 2.29. The molecule has 1 unspecified atom stereocenters. The van der Waals surface area contributed by atoms with E-state index in [2.05, 4.69) is 14.9 Å². The van der Waals surface area contributed by atoms with Crippen LogP contribution in [0.25, 0.3) is 0 Å². The molecule has 2 aromatic rings. The maximum atomic E-state index is 12.5. The fourth-order valence-corrected chi connectivity index (χ4v) is 3.14. The van der Waals surface area contributed by atoms with Crippen molar-refractivity contribution in [1.82, 2.24) is 9.97 Å². The van der Waals surface area contributed by atoms with Gasteiger partial charge in [-0.3, -0.25) is 9.59 Å². The Kier molecular flexibility index (Phi) is 6.01. The lowest BCUT2D eigenvalue weighted by atomic mass is 9.97. The van der Waals surface area contributed by atoms with Gasteiger partial charge in [0.1, 0.15) is 0 Å². The number of hydrogen-bond donors (Lipinski definition) is 0. The molecule has 7 nitrogen and oxygen atoms in total. The van der Waals surface area contributed by atoms with Crippen molar-refractivity contribution in [3.05, 3.63) is 48.8 Å². The molecule has 0 saturated carbocycles. The summed E-state index contributed by atoms with van der Waals surface area (Å²) >= 11 is 0. The number of amides is 1. The van der Waals surface area contributed by atoms with Gasteiger partial charge >= 0.3 is 5.97 Å². The highest BCUT2D eigenvalue weighted by atomic mass is 16.5. The maximum Gasteiger partial charge on any atom is 0.309 e. The number of likely N-dealkylation sites (N-methyl/N-ethyl adjacent to an activating group) is 1. The third-order valence-corrected chi connectivity index (χ3v) is 4.78. The zero-order valence-corrected chi connectivity index (χ0v) is 15.6. The van der Waals surface area contributed by atoms with Gasteiger partial charge < -0.3 is 14.5 Å². The first kappa shape index (κ1) is 18.8. The molecular weight excluding hydrogens is 344 g/mol. The second-order valence-electron chi connectivity index (χ2n) is 6.62. The highest BCUT2D eigenvalue weighted by Crippen LogP contribution is 2.22. The van der Waals surface area contributed by atoms with Crippen molar-refractivity contribution < 1.29 is 14.3 Å². The highest BCUT2D eigenvalue weighted by Gasteiger charge is 2.30. The van der Waals surface area contributed by atoms with Gasteiger partial charge in [0.05, 0.1) is 5.92 Å². The highest BCUT2D eigenvalue weighted by molar-refractivity contribution is 5.96. The van der Waals surface area contributed by atoms with Gasteiger partial charge in [-0.25, -0.2) is 9.97 Å². The molecule has 0 aliphatic carbocycles. The normalized spacial score (nSPS) is 15.9. The van der Waals surface area contributed by atoms with E-state index in [4.69, 9.17) is 4.74 Å². The van der Waals surface area contributed by atoms with Crippen LogP contribution in [0.1, 0.15) is 19.8 Å². The minimum absolute atomic E-state index is 0.206. The maximum absolute atomic E-state index is 12.5. The number of nitrogens with zero attached hydrogens (tertiary/aromatic N) is 4. The zero-order valence-electron chi connectivity index (χ0n) is 15.6. The molecule has 2 heterocycles. The minimum atomic E-state index is -0.821. The van der Waals surface area contributed by atoms with Crippen LogP contribution in [0.5, 0.6) is 0 Å². The molecule has 1 aliphatic heterocycles. The van der Waals surface area contributed by atoms with E-state index in [0.29, 0.717) is 31.9 Å². The molecule has 3 rings (SSSR count). The number of anilines is 2. The number of piperidine rings is 1. The van der Waals surface area contributed by atoms with Crippen molar-refractivity contribution in [1.29, 1.82) is 0 Å². The summed E-state index contributed by atoms with van der Waals surface area (Å²) < 4.78 is 5.46. The average Bonchev–Trinajstić information content (AvgIpc) is 2.74. The van der Waals surface area contributed by atoms with Crippen molar-refractivity contribution in [2.45, 2.75) is 25.9 Å². The van der Waals surface area contributed by atoms with Gasteiger partial charge in [-0.2, -0.15) is 0 Å². The molecule has 27 heavy (non-hydrogen) atoms. The fraction of sp³-hybridized carbons (Fsp3) is 0.400. The lowest BCUT2D eigenvalue weighted by Crippen LogP contribution is -2.41. The van der Waals surface area contributed by atoms with Gasteiger partial charge in [-0.1, -0.05) is 18.2 Å². The van der Waals surface area contributed by atoms with Crippen LogP contribution in [0.2, 0.25) is 0 Å².